The maximum atomic E-state index is 12.3. The molecule has 1 saturated carbocycles. The standard InChI is InChI=1S/C13H16ClNO5/c14-9-4-2-1-3-8(9)11(7-15)6-13(19,20)12(17,18)5-10(11)16/h1-4,17-20H,5-7,15H2/t11-/m0/s1. The van der Waals surface area contributed by atoms with Gasteiger partial charge in [-0.25, -0.2) is 0 Å². The summed E-state index contributed by atoms with van der Waals surface area (Å²) in [5.41, 5.74) is 4.56. The van der Waals surface area contributed by atoms with Crippen LogP contribution in [0.1, 0.15) is 18.4 Å². The SMILES string of the molecule is NC[C@]1(c2ccccc2Cl)CC(O)(O)C(O)(O)CC1=O. The number of ketones is 1. The second-order valence-corrected chi connectivity index (χ2v) is 5.58. The largest absolute Gasteiger partial charge is 0.361 e. The average Bonchev–Trinajstić information content (AvgIpc) is 2.34. The normalized spacial score (nSPS) is 28.4. The van der Waals surface area contributed by atoms with Gasteiger partial charge < -0.3 is 26.2 Å². The van der Waals surface area contributed by atoms with Crippen molar-refractivity contribution in [3.05, 3.63) is 34.9 Å². The first-order valence-electron chi connectivity index (χ1n) is 6.04. The molecule has 20 heavy (non-hydrogen) atoms. The van der Waals surface area contributed by atoms with Gasteiger partial charge >= 0.3 is 0 Å². The number of carbonyl (C=O) groups is 1. The van der Waals surface area contributed by atoms with E-state index in [9.17, 15) is 25.2 Å². The van der Waals surface area contributed by atoms with Crippen molar-refractivity contribution in [2.45, 2.75) is 29.8 Å². The van der Waals surface area contributed by atoms with E-state index < -0.39 is 35.6 Å². The average molecular weight is 302 g/mol. The minimum Gasteiger partial charge on any atom is -0.361 e. The molecule has 1 aromatic rings. The van der Waals surface area contributed by atoms with Gasteiger partial charge in [-0.15, -0.1) is 0 Å². The molecule has 7 heteroatoms. The maximum Gasteiger partial charge on any atom is 0.225 e. The molecule has 0 spiro atoms. The zero-order valence-electron chi connectivity index (χ0n) is 10.6. The molecule has 1 aliphatic carbocycles. The summed E-state index contributed by atoms with van der Waals surface area (Å²) in [5.74, 6) is -6.37. The molecule has 0 aliphatic heterocycles. The van der Waals surface area contributed by atoms with E-state index in [4.69, 9.17) is 17.3 Å². The second-order valence-electron chi connectivity index (χ2n) is 5.18. The molecule has 0 bridgehead atoms. The van der Waals surface area contributed by atoms with Gasteiger partial charge in [0.15, 0.2) is 5.78 Å². The van der Waals surface area contributed by atoms with Crippen LogP contribution >= 0.6 is 11.6 Å². The maximum absolute atomic E-state index is 12.3. The summed E-state index contributed by atoms with van der Waals surface area (Å²) in [6, 6.07) is 6.42. The van der Waals surface area contributed by atoms with Crippen LogP contribution in [0.25, 0.3) is 0 Å². The van der Waals surface area contributed by atoms with E-state index >= 15 is 0 Å². The summed E-state index contributed by atoms with van der Waals surface area (Å²) in [4.78, 5) is 12.3. The van der Waals surface area contributed by atoms with Crippen LogP contribution in [0.2, 0.25) is 5.02 Å². The van der Waals surface area contributed by atoms with Gasteiger partial charge in [0.2, 0.25) is 11.6 Å². The lowest BCUT2D eigenvalue weighted by atomic mass is 9.64. The number of aliphatic hydroxyl groups is 4. The third kappa shape index (κ3) is 2.14. The van der Waals surface area contributed by atoms with E-state index in [0.29, 0.717) is 5.56 Å². The Balaban J connectivity index is 2.57. The fraction of sp³-hybridized carbons (Fsp3) is 0.462. The molecule has 0 heterocycles. The van der Waals surface area contributed by atoms with Crippen molar-refractivity contribution in [2.75, 3.05) is 6.54 Å². The highest BCUT2D eigenvalue weighted by molar-refractivity contribution is 6.31. The van der Waals surface area contributed by atoms with Crippen LogP contribution in [-0.2, 0) is 10.2 Å². The summed E-state index contributed by atoms with van der Waals surface area (Å²) < 4.78 is 0. The Kier molecular flexibility index (Phi) is 3.66. The number of rotatable bonds is 2. The quantitative estimate of drug-likeness (QED) is 0.458. The van der Waals surface area contributed by atoms with E-state index in [0.717, 1.165) is 0 Å². The Hall–Kier alpha value is -1.02. The fourth-order valence-corrected chi connectivity index (χ4v) is 2.90. The molecule has 0 saturated heterocycles. The lowest BCUT2D eigenvalue weighted by Crippen LogP contribution is -2.66. The number of carbonyl (C=O) groups excluding carboxylic acids is 1. The van der Waals surface area contributed by atoms with Crippen molar-refractivity contribution in [3.63, 3.8) is 0 Å². The lowest BCUT2D eigenvalue weighted by molar-refractivity contribution is -0.368. The Morgan fingerprint density at radius 1 is 1.15 bits per heavy atom. The van der Waals surface area contributed by atoms with Crippen molar-refractivity contribution in [1.82, 2.24) is 0 Å². The zero-order valence-corrected chi connectivity index (χ0v) is 11.3. The predicted octanol–water partition coefficient (Wildman–Crippen LogP) is -0.739. The third-order valence-corrected chi connectivity index (χ3v) is 4.20. The molecular weight excluding hydrogens is 286 g/mol. The van der Waals surface area contributed by atoms with Crippen LogP contribution in [0.5, 0.6) is 0 Å². The smallest absolute Gasteiger partial charge is 0.225 e. The number of Topliss-reactive ketones (excluding diaryl/α,β-unsaturated/α-hetero) is 1. The molecule has 0 amide bonds. The highest BCUT2D eigenvalue weighted by Crippen LogP contribution is 2.45. The Morgan fingerprint density at radius 2 is 1.75 bits per heavy atom. The molecule has 6 nitrogen and oxygen atoms in total. The van der Waals surface area contributed by atoms with Crippen molar-refractivity contribution < 1.29 is 25.2 Å². The van der Waals surface area contributed by atoms with E-state index in [1.165, 1.54) is 0 Å². The summed E-state index contributed by atoms with van der Waals surface area (Å²) >= 11 is 6.06. The first kappa shape index (κ1) is 15.4. The molecule has 6 N–H and O–H groups in total. The topological polar surface area (TPSA) is 124 Å². The first-order valence-corrected chi connectivity index (χ1v) is 6.42. The number of hydrogen-bond acceptors (Lipinski definition) is 6. The van der Waals surface area contributed by atoms with Gasteiger partial charge in [0.25, 0.3) is 0 Å². The Labute approximate surface area is 120 Å². The van der Waals surface area contributed by atoms with Crippen LogP contribution in [0.3, 0.4) is 0 Å². The molecule has 2 rings (SSSR count). The number of nitrogens with two attached hydrogens (primary N) is 1. The molecule has 0 unspecified atom stereocenters. The van der Waals surface area contributed by atoms with E-state index in [2.05, 4.69) is 0 Å². The van der Waals surface area contributed by atoms with Gasteiger partial charge in [0, 0.05) is 18.0 Å². The van der Waals surface area contributed by atoms with Gasteiger partial charge in [-0.1, -0.05) is 29.8 Å². The summed E-state index contributed by atoms with van der Waals surface area (Å²) in [5, 5.41) is 39.1. The van der Waals surface area contributed by atoms with Gasteiger partial charge in [-0.3, -0.25) is 4.79 Å². The van der Waals surface area contributed by atoms with Crippen molar-refractivity contribution in [1.29, 1.82) is 0 Å². The zero-order chi connectivity index (χ0) is 15.2. The molecule has 1 fully saturated rings. The highest BCUT2D eigenvalue weighted by Gasteiger charge is 2.61. The minimum atomic E-state index is -2.91. The third-order valence-electron chi connectivity index (χ3n) is 3.87. The van der Waals surface area contributed by atoms with Crippen LogP contribution in [-0.4, -0.2) is 44.3 Å². The van der Waals surface area contributed by atoms with Gasteiger partial charge in [-0.2, -0.15) is 0 Å². The van der Waals surface area contributed by atoms with Crippen LogP contribution in [0.4, 0.5) is 0 Å². The van der Waals surface area contributed by atoms with Crippen LogP contribution in [0.15, 0.2) is 24.3 Å². The van der Waals surface area contributed by atoms with Crippen molar-refractivity contribution >= 4 is 17.4 Å². The van der Waals surface area contributed by atoms with Gasteiger partial charge in [-0.05, 0) is 11.6 Å². The van der Waals surface area contributed by atoms with E-state index in [-0.39, 0.29) is 11.6 Å². The highest BCUT2D eigenvalue weighted by atomic mass is 35.5. The predicted molar refractivity (Wildman–Crippen MR) is 70.8 cm³/mol. The van der Waals surface area contributed by atoms with Gasteiger partial charge in [0.1, 0.15) is 0 Å². The molecule has 1 atom stereocenters. The van der Waals surface area contributed by atoms with E-state index in [1.54, 1.807) is 24.3 Å². The summed E-state index contributed by atoms with van der Waals surface area (Å²) in [7, 11) is 0. The molecule has 1 aromatic carbocycles. The van der Waals surface area contributed by atoms with Gasteiger partial charge in [0.05, 0.1) is 11.8 Å². The summed E-state index contributed by atoms with van der Waals surface area (Å²) in [6.45, 7) is -0.228. The second kappa shape index (κ2) is 4.77. The number of hydrogen-bond donors (Lipinski definition) is 5. The molecule has 0 radical (unpaired) electrons. The fourth-order valence-electron chi connectivity index (χ4n) is 2.59. The lowest BCUT2D eigenvalue weighted by Gasteiger charge is -2.47. The number of benzene rings is 1. The molecule has 110 valence electrons. The molecule has 0 aromatic heterocycles. The Morgan fingerprint density at radius 3 is 2.30 bits per heavy atom. The first-order chi connectivity index (χ1) is 9.16. The van der Waals surface area contributed by atoms with Crippen molar-refractivity contribution in [3.8, 4) is 0 Å². The molecular formula is C13H16ClNO5. The van der Waals surface area contributed by atoms with Crippen LogP contribution < -0.4 is 5.73 Å². The minimum absolute atomic E-state index is 0.228. The molecule has 1 aliphatic rings. The van der Waals surface area contributed by atoms with E-state index in [1.807, 2.05) is 0 Å². The van der Waals surface area contributed by atoms with Crippen molar-refractivity contribution in [2.24, 2.45) is 5.73 Å². The monoisotopic (exact) mass is 301 g/mol. The Bertz CT molecular complexity index is 545. The van der Waals surface area contributed by atoms with Crippen LogP contribution in [0, 0.1) is 0 Å². The number of halogens is 1. The summed E-state index contributed by atoms with van der Waals surface area (Å²) in [6.07, 6.45) is -1.49.